The Labute approximate surface area is 185 Å². The number of halogens is 4. The summed E-state index contributed by atoms with van der Waals surface area (Å²) in [6.45, 7) is 1.81. The highest BCUT2D eigenvalue weighted by Gasteiger charge is 2.46. The van der Waals surface area contributed by atoms with E-state index in [4.69, 9.17) is 0 Å². The quantitative estimate of drug-likeness (QED) is 0.484. The smallest absolute Gasteiger partial charge is 0.363 e. The lowest BCUT2D eigenvalue weighted by molar-refractivity contribution is -0.173. The topological polar surface area (TPSA) is 59.0 Å². The molecule has 1 amide bonds. The van der Waals surface area contributed by atoms with Crippen LogP contribution in [0.1, 0.15) is 53.1 Å². The van der Waals surface area contributed by atoms with Crippen LogP contribution >= 0.6 is 15.9 Å². The van der Waals surface area contributed by atoms with Gasteiger partial charge in [-0.2, -0.15) is 18.3 Å². The zero-order chi connectivity index (χ0) is 22.2. The molecule has 0 aliphatic carbocycles. The first kappa shape index (κ1) is 21.4. The molecule has 1 aromatic heterocycles. The van der Waals surface area contributed by atoms with Crippen molar-refractivity contribution < 1.29 is 18.0 Å². The van der Waals surface area contributed by atoms with E-state index in [1.165, 1.54) is 6.07 Å². The third kappa shape index (κ3) is 4.61. The van der Waals surface area contributed by atoms with Crippen LogP contribution in [0.3, 0.4) is 0 Å². The number of rotatable bonds is 4. The fourth-order valence-corrected chi connectivity index (χ4v) is 3.96. The summed E-state index contributed by atoms with van der Waals surface area (Å²) in [5, 5.41) is 9.90. The van der Waals surface area contributed by atoms with Crippen molar-refractivity contribution in [1.29, 1.82) is 0 Å². The molecule has 0 spiro atoms. The van der Waals surface area contributed by atoms with Gasteiger partial charge in [-0.05, 0) is 30.2 Å². The van der Waals surface area contributed by atoms with Gasteiger partial charge in [-0.15, -0.1) is 0 Å². The maximum Gasteiger partial charge on any atom is 0.410 e. The number of nitrogens with zero attached hydrogens (tertiary/aromatic N) is 2. The van der Waals surface area contributed by atoms with Crippen LogP contribution in [0.4, 0.5) is 19.0 Å². The van der Waals surface area contributed by atoms with Gasteiger partial charge < -0.3 is 10.6 Å². The fourth-order valence-electron chi connectivity index (χ4n) is 3.69. The number of carbonyl (C=O) groups excluding carboxylic acids is 1. The van der Waals surface area contributed by atoms with Crippen molar-refractivity contribution in [2.24, 2.45) is 0 Å². The Morgan fingerprint density at radius 2 is 1.87 bits per heavy atom. The Hall–Kier alpha value is -2.81. The molecule has 2 aromatic carbocycles. The molecule has 2 N–H and O–H groups in total. The van der Waals surface area contributed by atoms with Crippen molar-refractivity contribution in [2.45, 2.75) is 37.6 Å². The molecule has 0 fully saturated rings. The standard InChI is InChI=1S/C22H20BrF3N4O/c1-13(14-5-3-2-4-6-14)27-21(31)18-12-20-28-17(15-7-9-16(23)10-8-15)11-19(22(24,25)26)30(20)29-18/h2-10,12-13,17,19,28H,11H2,1H3,(H,27,31)/t13-,17+,19-/m1/s1. The van der Waals surface area contributed by atoms with Crippen LogP contribution in [0, 0.1) is 0 Å². The van der Waals surface area contributed by atoms with Crippen molar-refractivity contribution in [3.8, 4) is 0 Å². The average molecular weight is 493 g/mol. The largest absolute Gasteiger partial charge is 0.410 e. The molecule has 1 aliphatic rings. The van der Waals surface area contributed by atoms with Crippen molar-refractivity contribution in [3.05, 3.63) is 82.0 Å². The maximum absolute atomic E-state index is 13.8. The number of alkyl halides is 3. The van der Waals surface area contributed by atoms with E-state index in [0.717, 1.165) is 20.3 Å². The van der Waals surface area contributed by atoms with E-state index < -0.39 is 24.2 Å². The van der Waals surface area contributed by atoms with Crippen molar-refractivity contribution in [2.75, 3.05) is 5.32 Å². The van der Waals surface area contributed by atoms with Crippen LogP contribution < -0.4 is 10.6 Å². The van der Waals surface area contributed by atoms with E-state index in [1.54, 1.807) is 24.3 Å². The van der Waals surface area contributed by atoms with Gasteiger partial charge in [0.05, 0.1) is 12.1 Å². The molecule has 0 saturated heterocycles. The predicted molar refractivity (Wildman–Crippen MR) is 115 cm³/mol. The Balaban J connectivity index is 1.60. The number of carbonyl (C=O) groups is 1. The molecule has 2 heterocycles. The summed E-state index contributed by atoms with van der Waals surface area (Å²) in [5.74, 6) is -0.361. The third-order valence-electron chi connectivity index (χ3n) is 5.34. The summed E-state index contributed by atoms with van der Waals surface area (Å²) >= 11 is 3.34. The lowest BCUT2D eigenvalue weighted by Crippen LogP contribution is -2.35. The highest BCUT2D eigenvalue weighted by atomic mass is 79.9. The number of hydrogen-bond donors (Lipinski definition) is 2. The number of fused-ring (bicyclic) bond motifs is 1. The molecular formula is C22H20BrF3N4O. The van der Waals surface area contributed by atoms with Crippen molar-refractivity contribution in [1.82, 2.24) is 15.1 Å². The minimum absolute atomic E-state index is 0.0593. The highest BCUT2D eigenvalue weighted by molar-refractivity contribution is 9.10. The van der Waals surface area contributed by atoms with Gasteiger partial charge in [0.1, 0.15) is 5.82 Å². The molecule has 0 bridgehead atoms. The molecule has 3 aromatic rings. The van der Waals surface area contributed by atoms with Gasteiger partial charge in [0.25, 0.3) is 5.91 Å². The van der Waals surface area contributed by atoms with Gasteiger partial charge in [0, 0.05) is 17.0 Å². The lowest BCUT2D eigenvalue weighted by atomic mass is 9.97. The molecule has 31 heavy (non-hydrogen) atoms. The molecule has 162 valence electrons. The van der Waals surface area contributed by atoms with Gasteiger partial charge in [0.15, 0.2) is 11.7 Å². The molecule has 0 saturated carbocycles. The average Bonchev–Trinajstić information content (AvgIpc) is 3.17. The van der Waals surface area contributed by atoms with Crippen LogP contribution in [0.2, 0.25) is 0 Å². The molecular weight excluding hydrogens is 473 g/mol. The zero-order valence-electron chi connectivity index (χ0n) is 16.5. The van der Waals surface area contributed by atoms with Crippen LogP contribution in [0.15, 0.2) is 65.1 Å². The Bertz CT molecular complexity index is 1070. The Kier molecular flexibility index (Phi) is 5.79. The second-order valence-corrected chi connectivity index (χ2v) is 8.42. The Morgan fingerprint density at radius 3 is 2.52 bits per heavy atom. The summed E-state index contributed by atoms with van der Waals surface area (Å²) in [6, 6.07) is 15.1. The molecule has 3 atom stereocenters. The third-order valence-corrected chi connectivity index (χ3v) is 5.87. The maximum atomic E-state index is 13.8. The number of nitrogens with one attached hydrogen (secondary N) is 2. The molecule has 5 nitrogen and oxygen atoms in total. The number of amides is 1. The van der Waals surface area contributed by atoms with E-state index in [-0.39, 0.29) is 24.0 Å². The first-order chi connectivity index (χ1) is 14.7. The zero-order valence-corrected chi connectivity index (χ0v) is 18.1. The monoisotopic (exact) mass is 492 g/mol. The van der Waals surface area contributed by atoms with E-state index in [2.05, 4.69) is 31.7 Å². The molecule has 9 heteroatoms. The first-order valence-electron chi connectivity index (χ1n) is 9.76. The van der Waals surface area contributed by atoms with Crippen molar-refractivity contribution >= 4 is 27.7 Å². The van der Waals surface area contributed by atoms with Crippen LogP contribution in [0.5, 0.6) is 0 Å². The molecule has 0 radical (unpaired) electrons. The summed E-state index contributed by atoms with van der Waals surface area (Å²) < 4.78 is 43.2. The predicted octanol–water partition coefficient (Wildman–Crippen LogP) is 5.80. The van der Waals surface area contributed by atoms with Crippen LogP contribution in [-0.2, 0) is 0 Å². The number of benzene rings is 2. The van der Waals surface area contributed by atoms with E-state index in [1.807, 2.05) is 37.3 Å². The summed E-state index contributed by atoms with van der Waals surface area (Å²) in [5.41, 5.74) is 1.56. The minimum Gasteiger partial charge on any atom is -0.363 e. The van der Waals surface area contributed by atoms with Crippen molar-refractivity contribution in [3.63, 3.8) is 0 Å². The van der Waals surface area contributed by atoms with E-state index >= 15 is 0 Å². The lowest BCUT2D eigenvalue weighted by Gasteiger charge is -2.33. The minimum atomic E-state index is -4.50. The van der Waals surface area contributed by atoms with Gasteiger partial charge in [-0.25, -0.2) is 4.68 Å². The Morgan fingerprint density at radius 1 is 1.19 bits per heavy atom. The second-order valence-electron chi connectivity index (χ2n) is 7.51. The summed E-state index contributed by atoms with van der Waals surface area (Å²) in [4.78, 5) is 12.7. The molecule has 0 unspecified atom stereocenters. The number of aromatic nitrogens is 2. The summed E-state index contributed by atoms with van der Waals surface area (Å²) in [6.07, 6.45) is -4.72. The molecule has 1 aliphatic heterocycles. The van der Waals surface area contributed by atoms with Gasteiger partial charge in [-0.1, -0.05) is 58.4 Å². The SMILES string of the molecule is C[C@@H](NC(=O)c1cc2n(n1)[C@@H](C(F)(F)F)C[C@@H](c1ccc(Br)cc1)N2)c1ccccc1. The van der Waals surface area contributed by atoms with Gasteiger partial charge in [0.2, 0.25) is 0 Å². The number of anilines is 1. The fraction of sp³-hybridized carbons (Fsp3) is 0.273. The second kappa shape index (κ2) is 8.37. The normalized spacial score (nSPS) is 19.3. The first-order valence-corrected chi connectivity index (χ1v) is 10.6. The summed E-state index contributed by atoms with van der Waals surface area (Å²) in [7, 11) is 0. The van der Waals surface area contributed by atoms with E-state index in [0.29, 0.717) is 0 Å². The van der Waals surface area contributed by atoms with E-state index in [9.17, 15) is 18.0 Å². The van der Waals surface area contributed by atoms with Crippen LogP contribution in [-0.4, -0.2) is 21.9 Å². The number of hydrogen-bond acceptors (Lipinski definition) is 3. The highest BCUT2D eigenvalue weighted by Crippen LogP contribution is 2.43. The molecule has 4 rings (SSSR count). The van der Waals surface area contributed by atoms with Gasteiger partial charge in [-0.3, -0.25) is 4.79 Å². The van der Waals surface area contributed by atoms with Gasteiger partial charge >= 0.3 is 6.18 Å². The van der Waals surface area contributed by atoms with Crippen LogP contribution in [0.25, 0.3) is 0 Å².